The number of fused-ring (bicyclic) bond motifs is 5. The Balaban J connectivity index is 1.58. The van der Waals surface area contributed by atoms with Crippen molar-refractivity contribution in [3.05, 3.63) is 0 Å². The van der Waals surface area contributed by atoms with Crippen molar-refractivity contribution in [1.29, 1.82) is 0 Å². The number of nitrogens with zero attached hydrogens (tertiary/aromatic N) is 3. The summed E-state index contributed by atoms with van der Waals surface area (Å²) in [4.78, 5) is 45.9. The number of carbonyl (C=O) groups is 3. The van der Waals surface area contributed by atoms with Crippen LogP contribution in [-0.2, 0) is 9.59 Å². The fourth-order valence-electron chi connectivity index (χ4n) is 9.46. The van der Waals surface area contributed by atoms with Crippen LogP contribution < -0.4 is 0 Å². The minimum Gasteiger partial charge on any atom is -0.342 e. The molecule has 4 fully saturated rings. The van der Waals surface area contributed by atoms with Crippen LogP contribution in [0.25, 0.3) is 0 Å². The number of piperidine rings is 1. The highest BCUT2D eigenvalue weighted by atomic mass is 16.2. The molecule has 2 unspecified atom stereocenters. The molecular weight excluding hydrogens is 450 g/mol. The van der Waals surface area contributed by atoms with Crippen molar-refractivity contribution in [2.24, 2.45) is 34.5 Å². The number of likely N-dealkylation sites (tertiary alicyclic amines) is 1. The smallest absolute Gasteiger partial charge is 0.327 e. The van der Waals surface area contributed by atoms with Gasteiger partial charge in [0.25, 0.3) is 0 Å². The summed E-state index contributed by atoms with van der Waals surface area (Å²) in [7, 11) is 2.01. The zero-order valence-corrected chi connectivity index (χ0v) is 24.3. The standard InChI is InChI=1S/C30H51N3O3/c1-18(2)32(19(3)4)28(36)33(20(5)6)27(35)24-12-11-22-21-10-13-25-30(8,17-15-26(34)31(25)9)23(21)14-16-29(22,24)7/h18-25H,10-17H2,1-9H3/t21-,22-,23+,24?,25?,29-,30+/m0/s1. The Kier molecular flexibility index (Phi) is 7.33. The molecule has 6 nitrogen and oxygen atoms in total. The van der Waals surface area contributed by atoms with Crippen molar-refractivity contribution < 1.29 is 14.4 Å². The van der Waals surface area contributed by atoms with E-state index in [2.05, 4.69) is 18.7 Å². The summed E-state index contributed by atoms with van der Waals surface area (Å²) >= 11 is 0. The Hall–Kier alpha value is -1.59. The highest BCUT2D eigenvalue weighted by molar-refractivity contribution is 5.96. The van der Waals surface area contributed by atoms with E-state index in [1.54, 1.807) is 4.90 Å². The Morgan fingerprint density at radius 1 is 0.833 bits per heavy atom. The number of amides is 4. The van der Waals surface area contributed by atoms with E-state index < -0.39 is 0 Å². The molecule has 7 atom stereocenters. The highest BCUT2D eigenvalue weighted by Crippen LogP contribution is 2.66. The average molecular weight is 502 g/mol. The maximum absolute atomic E-state index is 14.2. The van der Waals surface area contributed by atoms with Crippen LogP contribution in [0.15, 0.2) is 0 Å². The fourth-order valence-corrected chi connectivity index (χ4v) is 9.46. The van der Waals surface area contributed by atoms with Gasteiger partial charge in [0.2, 0.25) is 11.8 Å². The molecule has 1 saturated heterocycles. The number of rotatable bonds is 4. The summed E-state index contributed by atoms with van der Waals surface area (Å²) < 4.78 is 0. The second-order valence-electron chi connectivity index (χ2n) is 13.8. The first-order valence-electron chi connectivity index (χ1n) is 14.7. The third-order valence-electron chi connectivity index (χ3n) is 11.1. The van der Waals surface area contributed by atoms with Gasteiger partial charge in [0.15, 0.2) is 0 Å². The molecule has 3 aliphatic carbocycles. The van der Waals surface area contributed by atoms with E-state index in [1.165, 1.54) is 0 Å². The van der Waals surface area contributed by atoms with Crippen LogP contribution in [0.2, 0.25) is 0 Å². The molecule has 0 aromatic carbocycles. The Bertz CT molecular complexity index is 877. The molecule has 0 aromatic rings. The van der Waals surface area contributed by atoms with Gasteiger partial charge in [-0.25, -0.2) is 4.79 Å². The molecule has 0 radical (unpaired) electrons. The molecule has 4 aliphatic rings. The summed E-state index contributed by atoms with van der Waals surface area (Å²) in [5.74, 6) is 2.04. The summed E-state index contributed by atoms with van der Waals surface area (Å²) in [5, 5.41) is 0. The van der Waals surface area contributed by atoms with E-state index in [0.29, 0.717) is 36.1 Å². The Labute approximate surface area is 219 Å². The third-order valence-corrected chi connectivity index (χ3v) is 11.1. The first kappa shape index (κ1) is 27.4. The Morgan fingerprint density at radius 2 is 1.44 bits per heavy atom. The van der Waals surface area contributed by atoms with Crippen molar-refractivity contribution in [2.75, 3.05) is 7.05 Å². The van der Waals surface area contributed by atoms with E-state index in [1.807, 2.05) is 53.5 Å². The van der Waals surface area contributed by atoms with Crippen molar-refractivity contribution in [3.63, 3.8) is 0 Å². The van der Waals surface area contributed by atoms with Crippen molar-refractivity contribution >= 4 is 17.8 Å². The first-order chi connectivity index (χ1) is 16.8. The molecule has 36 heavy (non-hydrogen) atoms. The van der Waals surface area contributed by atoms with Crippen LogP contribution in [0.5, 0.6) is 0 Å². The second kappa shape index (κ2) is 9.62. The summed E-state index contributed by atoms with van der Waals surface area (Å²) in [5.41, 5.74) is 0.135. The first-order valence-corrected chi connectivity index (χ1v) is 14.7. The lowest BCUT2D eigenvalue weighted by molar-refractivity contribution is -0.161. The van der Waals surface area contributed by atoms with Crippen LogP contribution in [0, 0.1) is 34.5 Å². The number of imide groups is 1. The highest BCUT2D eigenvalue weighted by Gasteiger charge is 2.62. The summed E-state index contributed by atoms with van der Waals surface area (Å²) in [6.07, 6.45) is 8.07. The molecule has 4 rings (SSSR count). The molecule has 4 amide bonds. The zero-order valence-electron chi connectivity index (χ0n) is 24.3. The maximum Gasteiger partial charge on any atom is 0.327 e. The molecule has 6 heteroatoms. The number of hydrogen-bond acceptors (Lipinski definition) is 3. The van der Waals surface area contributed by atoms with Crippen LogP contribution in [0.3, 0.4) is 0 Å². The predicted octanol–water partition coefficient (Wildman–Crippen LogP) is 5.94. The van der Waals surface area contributed by atoms with E-state index in [-0.39, 0.29) is 46.8 Å². The monoisotopic (exact) mass is 501 g/mol. The minimum absolute atomic E-state index is 0.0466. The molecule has 0 spiro atoms. The summed E-state index contributed by atoms with van der Waals surface area (Å²) in [6.45, 7) is 16.9. The number of urea groups is 1. The van der Waals surface area contributed by atoms with Gasteiger partial charge in [-0.15, -0.1) is 0 Å². The van der Waals surface area contributed by atoms with Crippen molar-refractivity contribution in [1.82, 2.24) is 14.7 Å². The van der Waals surface area contributed by atoms with Gasteiger partial charge in [0.05, 0.1) is 0 Å². The van der Waals surface area contributed by atoms with Gasteiger partial charge in [-0.1, -0.05) is 13.8 Å². The fraction of sp³-hybridized carbons (Fsp3) is 0.900. The third kappa shape index (κ3) is 4.09. The molecule has 204 valence electrons. The molecular formula is C30H51N3O3. The van der Waals surface area contributed by atoms with E-state index in [0.717, 1.165) is 44.9 Å². The van der Waals surface area contributed by atoms with Crippen molar-refractivity contribution in [3.8, 4) is 0 Å². The van der Waals surface area contributed by atoms with Gasteiger partial charge >= 0.3 is 6.03 Å². The number of hydrogen-bond donors (Lipinski definition) is 0. The van der Waals surface area contributed by atoms with Gasteiger partial charge in [-0.05, 0) is 115 Å². The predicted molar refractivity (Wildman–Crippen MR) is 143 cm³/mol. The number of carbonyl (C=O) groups excluding carboxylic acids is 3. The Morgan fingerprint density at radius 3 is 2.03 bits per heavy atom. The van der Waals surface area contributed by atoms with Crippen LogP contribution in [-0.4, -0.2) is 63.8 Å². The zero-order chi connectivity index (χ0) is 26.7. The molecule has 0 aromatic heterocycles. The van der Waals surface area contributed by atoms with E-state index >= 15 is 0 Å². The van der Waals surface area contributed by atoms with Gasteiger partial charge in [-0.3, -0.25) is 14.5 Å². The second-order valence-corrected chi connectivity index (χ2v) is 13.8. The lowest BCUT2D eigenvalue weighted by Crippen LogP contribution is -2.62. The van der Waals surface area contributed by atoms with Crippen molar-refractivity contribution in [2.45, 2.75) is 131 Å². The van der Waals surface area contributed by atoms with E-state index in [9.17, 15) is 14.4 Å². The lowest BCUT2D eigenvalue weighted by Gasteiger charge is -2.61. The average Bonchev–Trinajstić information content (AvgIpc) is 3.13. The van der Waals surface area contributed by atoms with Crippen LogP contribution in [0.4, 0.5) is 4.79 Å². The van der Waals surface area contributed by atoms with Gasteiger partial charge in [0.1, 0.15) is 0 Å². The SMILES string of the molecule is CC(C)N(C(=O)C1CC[C@H]2[C@@H]3CCC4N(C)C(=O)CC[C@]4(C)[C@@H]3CC[C@]12C)C(=O)N(C(C)C)C(C)C. The normalized spacial score (nSPS) is 38.2. The molecule has 0 N–H and O–H groups in total. The largest absolute Gasteiger partial charge is 0.342 e. The van der Waals surface area contributed by atoms with Gasteiger partial charge in [0, 0.05) is 43.6 Å². The lowest BCUT2D eigenvalue weighted by atomic mass is 9.47. The molecule has 1 heterocycles. The molecule has 3 saturated carbocycles. The van der Waals surface area contributed by atoms with Gasteiger partial charge < -0.3 is 9.80 Å². The molecule has 1 aliphatic heterocycles. The van der Waals surface area contributed by atoms with Gasteiger partial charge in [-0.2, -0.15) is 0 Å². The molecule has 0 bridgehead atoms. The van der Waals surface area contributed by atoms with E-state index in [4.69, 9.17) is 0 Å². The van der Waals surface area contributed by atoms with Crippen LogP contribution >= 0.6 is 0 Å². The quantitative estimate of drug-likeness (QED) is 0.479. The topological polar surface area (TPSA) is 60.9 Å². The summed E-state index contributed by atoms with van der Waals surface area (Å²) in [6, 6.07) is 0.156. The maximum atomic E-state index is 14.2. The minimum atomic E-state index is -0.159. The van der Waals surface area contributed by atoms with Crippen LogP contribution in [0.1, 0.15) is 107 Å².